The maximum Gasteiger partial charge on any atom is 0.265 e. The number of halogens is 1. The average Bonchev–Trinajstić information content (AvgIpc) is 3.06. The standard InChI is InChI=1S/C15H9ClN2O3S2/c1-18-14(19)12(23-15(18)22)4-8-2-7-3-10-11(21-6-20-10)5-9(7)17-13(8)16/h2-5H,6H2,1H3. The number of nitrogens with zero attached hydrogens (tertiary/aromatic N) is 2. The highest BCUT2D eigenvalue weighted by Gasteiger charge is 2.29. The van der Waals surface area contributed by atoms with Crippen molar-refractivity contribution in [2.45, 2.75) is 0 Å². The van der Waals surface area contributed by atoms with Crippen LogP contribution in [0.1, 0.15) is 5.56 Å². The Kier molecular flexibility index (Phi) is 3.44. The molecule has 1 fully saturated rings. The normalized spacial score (nSPS) is 18.5. The van der Waals surface area contributed by atoms with Gasteiger partial charge in [0.1, 0.15) is 9.47 Å². The van der Waals surface area contributed by atoms with Crippen molar-refractivity contribution >= 4 is 62.8 Å². The first kappa shape index (κ1) is 14.7. The molecule has 1 aromatic heterocycles. The zero-order valence-electron chi connectivity index (χ0n) is 11.8. The van der Waals surface area contributed by atoms with Crippen LogP contribution in [-0.4, -0.2) is 34.0 Å². The van der Waals surface area contributed by atoms with Gasteiger partial charge in [0.2, 0.25) is 6.79 Å². The van der Waals surface area contributed by atoms with Crippen LogP contribution in [0.15, 0.2) is 23.1 Å². The number of carbonyl (C=O) groups is 1. The molecular formula is C15H9ClN2O3S2. The second-order valence-electron chi connectivity index (χ2n) is 5.01. The van der Waals surface area contributed by atoms with E-state index < -0.39 is 0 Å². The van der Waals surface area contributed by atoms with Crippen molar-refractivity contribution in [1.29, 1.82) is 0 Å². The molecule has 0 bridgehead atoms. The molecule has 0 atom stereocenters. The third-order valence-electron chi connectivity index (χ3n) is 3.56. The fourth-order valence-corrected chi connectivity index (χ4v) is 3.72. The Bertz CT molecular complexity index is 913. The number of ether oxygens (including phenoxy) is 2. The van der Waals surface area contributed by atoms with Crippen LogP contribution in [-0.2, 0) is 4.79 Å². The summed E-state index contributed by atoms with van der Waals surface area (Å²) in [7, 11) is 1.65. The third-order valence-corrected chi connectivity index (χ3v) is 5.35. The highest BCUT2D eigenvalue weighted by Crippen LogP contribution is 2.38. The number of amides is 1. The lowest BCUT2D eigenvalue weighted by molar-refractivity contribution is -0.121. The van der Waals surface area contributed by atoms with Gasteiger partial charge in [-0.2, -0.15) is 0 Å². The van der Waals surface area contributed by atoms with Crippen LogP contribution in [0.5, 0.6) is 11.5 Å². The van der Waals surface area contributed by atoms with Crippen LogP contribution in [0.4, 0.5) is 0 Å². The van der Waals surface area contributed by atoms with E-state index in [-0.39, 0.29) is 12.7 Å². The van der Waals surface area contributed by atoms with Gasteiger partial charge >= 0.3 is 0 Å². The number of hydrogen-bond donors (Lipinski definition) is 0. The molecule has 2 aliphatic rings. The number of likely N-dealkylation sites (N-methyl/N-ethyl adjacent to an activating group) is 1. The van der Waals surface area contributed by atoms with Gasteiger partial charge in [-0.15, -0.1) is 0 Å². The molecular weight excluding hydrogens is 356 g/mol. The zero-order valence-corrected chi connectivity index (χ0v) is 14.2. The molecule has 4 rings (SSSR count). The van der Waals surface area contributed by atoms with E-state index in [2.05, 4.69) is 4.98 Å². The lowest BCUT2D eigenvalue weighted by atomic mass is 10.1. The van der Waals surface area contributed by atoms with Crippen LogP contribution in [0, 0.1) is 0 Å². The molecule has 116 valence electrons. The summed E-state index contributed by atoms with van der Waals surface area (Å²) in [6.45, 7) is 0.200. The first-order valence-corrected chi connectivity index (χ1v) is 8.24. The maximum absolute atomic E-state index is 12.1. The Hall–Kier alpha value is -1.83. The summed E-state index contributed by atoms with van der Waals surface area (Å²) in [5, 5.41) is 1.18. The number of aromatic nitrogens is 1. The number of pyridine rings is 1. The minimum Gasteiger partial charge on any atom is -0.454 e. The molecule has 23 heavy (non-hydrogen) atoms. The smallest absolute Gasteiger partial charge is 0.265 e. The molecule has 0 spiro atoms. The average molecular weight is 365 g/mol. The molecule has 2 aliphatic heterocycles. The van der Waals surface area contributed by atoms with Crippen molar-refractivity contribution in [3.63, 3.8) is 0 Å². The predicted molar refractivity (Wildman–Crippen MR) is 93.8 cm³/mol. The van der Waals surface area contributed by atoms with Crippen LogP contribution in [0.25, 0.3) is 17.0 Å². The summed E-state index contributed by atoms with van der Waals surface area (Å²) in [5.74, 6) is 1.19. The number of rotatable bonds is 1. The summed E-state index contributed by atoms with van der Waals surface area (Å²) >= 11 is 12.6. The molecule has 5 nitrogen and oxygen atoms in total. The van der Waals surface area contributed by atoms with Crippen LogP contribution >= 0.6 is 35.6 Å². The summed E-state index contributed by atoms with van der Waals surface area (Å²) < 4.78 is 11.2. The van der Waals surface area contributed by atoms with Gasteiger partial charge in [0.15, 0.2) is 11.5 Å². The first-order chi connectivity index (χ1) is 11.0. The monoisotopic (exact) mass is 364 g/mol. The van der Waals surface area contributed by atoms with Gasteiger partial charge < -0.3 is 9.47 Å². The third kappa shape index (κ3) is 2.45. The summed E-state index contributed by atoms with van der Waals surface area (Å²) in [6, 6.07) is 5.51. The van der Waals surface area contributed by atoms with E-state index in [1.54, 1.807) is 19.2 Å². The Balaban J connectivity index is 1.82. The molecule has 1 amide bonds. The highest BCUT2D eigenvalue weighted by atomic mass is 35.5. The topological polar surface area (TPSA) is 51.7 Å². The molecule has 0 aliphatic carbocycles. The minimum atomic E-state index is -0.137. The maximum atomic E-state index is 12.1. The van der Waals surface area contributed by atoms with Crippen LogP contribution in [0.2, 0.25) is 5.15 Å². The van der Waals surface area contributed by atoms with Crippen molar-refractivity contribution in [2.75, 3.05) is 13.8 Å². The Labute approximate surface area is 146 Å². The van der Waals surface area contributed by atoms with E-state index in [0.29, 0.717) is 37.0 Å². The lowest BCUT2D eigenvalue weighted by Gasteiger charge is -2.05. The number of fused-ring (bicyclic) bond motifs is 2. The summed E-state index contributed by atoms with van der Waals surface area (Å²) in [4.78, 5) is 18.4. The minimum absolute atomic E-state index is 0.137. The van der Waals surface area contributed by atoms with Crippen molar-refractivity contribution in [3.05, 3.63) is 33.8 Å². The molecule has 2 aromatic rings. The SMILES string of the molecule is CN1C(=O)C(=Cc2cc3cc4c(cc3nc2Cl)OCO4)SC1=S. The number of hydrogen-bond acceptors (Lipinski definition) is 6. The van der Waals surface area contributed by atoms with Gasteiger partial charge in [-0.25, -0.2) is 4.98 Å². The molecule has 3 heterocycles. The van der Waals surface area contributed by atoms with E-state index in [1.807, 2.05) is 12.1 Å². The first-order valence-electron chi connectivity index (χ1n) is 6.64. The second-order valence-corrected chi connectivity index (χ2v) is 7.04. The molecule has 1 saturated heterocycles. The Morgan fingerprint density at radius 2 is 2.09 bits per heavy atom. The molecule has 8 heteroatoms. The molecule has 0 N–H and O–H groups in total. The van der Waals surface area contributed by atoms with Gasteiger partial charge in [0.05, 0.1) is 10.4 Å². The number of thiocarbonyl (C=S) groups is 1. The number of benzene rings is 1. The Morgan fingerprint density at radius 3 is 2.78 bits per heavy atom. The van der Waals surface area contributed by atoms with Crippen LogP contribution < -0.4 is 9.47 Å². The highest BCUT2D eigenvalue weighted by molar-refractivity contribution is 8.26. The molecule has 0 saturated carbocycles. The second kappa shape index (κ2) is 5.36. The predicted octanol–water partition coefficient (Wildman–Crippen LogP) is 3.45. The van der Waals surface area contributed by atoms with Crippen molar-refractivity contribution < 1.29 is 14.3 Å². The molecule has 1 aromatic carbocycles. The number of thioether (sulfide) groups is 1. The van der Waals surface area contributed by atoms with Gasteiger partial charge in [0.25, 0.3) is 5.91 Å². The van der Waals surface area contributed by atoms with E-state index in [0.717, 1.165) is 5.39 Å². The van der Waals surface area contributed by atoms with E-state index in [1.165, 1.54) is 16.7 Å². The largest absolute Gasteiger partial charge is 0.454 e. The van der Waals surface area contributed by atoms with Crippen LogP contribution in [0.3, 0.4) is 0 Å². The molecule has 0 radical (unpaired) electrons. The fourth-order valence-electron chi connectivity index (χ4n) is 2.34. The van der Waals surface area contributed by atoms with E-state index in [4.69, 9.17) is 33.3 Å². The van der Waals surface area contributed by atoms with E-state index in [9.17, 15) is 4.79 Å². The zero-order chi connectivity index (χ0) is 16.1. The van der Waals surface area contributed by atoms with Gasteiger partial charge in [-0.3, -0.25) is 9.69 Å². The lowest BCUT2D eigenvalue weighted by Crippen LogP contribution is -2.22. The number of carbonyl (C=O) groups excluding carboxylic acids is 1. The van der Waals surface area contributed by atoms with Gasteiger partial charge in [-0.05, 0) is 18.2 Å². The van der Waals surface area contributed by atoms with Crippen molar-refractivity contribution in [3.8, 4) is 11.5 Å². The van der Waals surface area contributed by atoms with Gasteiger partial charge in [-0.1, -0.05) is 35.6 Å². The molecule has 0 unspecified atom stereocenters. The fraction of sp³-hybridized carbons (Fsp3) is 0.133. The van der Waals surface area contributed by atoms with Crippen molar-refractivity contribution in [1.82, 2.24) is 9.88 Å². The van der Waals surface area contributed by atoms with Crippen molar-refractivity contribution in [2.24, 2.45) is 0 Å². The summed E-state index contributed by atoms with van der Waals surface area (Å²) in [6.07, 6.45) is 1.71. The Morgan fingerprint density at radius 1 is 1.35 bits per heavy atom. The van der Waals surface area contributed by atoms with E-state index >= 15 is 0 Å². The van der Waals surface area contributed by atoms with Gasteiger partial charge in [0, 0.05) is 24.1 Å². The summed E-state index contributed by atoms with van der Waals surface area (Å²) in [5.41, 5.74) is 1.37. The quantitative estimate of drug-likeness (QED) is 0.439.